The first-order chi connectivity index (χ1) is 12.8. The van der Waals surface area contributed by atoms with Gasteiger partial charge in [-0.2, -0.15) is 0 Å². The molecule has 0 saturated carbocycles. The lowest BCUT2D eigenvalue weighted by Gasteiger charge is -2.09. The van der Waals surface area contributed by atoms with Crippen molar-refractivity contribution in [3.8, 4) is 17.2 Å². The van der Waals surface area contributed by atoms with Crippen LogP contribution in [0.3, 0.4) is 0 Å². The number of alkyl halides is 3. The second-order valence-electron chi connectivity index (χ2n) is 5.22. The quantitative estimate of drug-likeness (QED) is 0.687. The number of amides is 1. The van der Waals surface area contributed by atoms with E-state index in [1.165, 1.54) is 32.4 Å². The molecule has 0 aliphatic heterocycles. The van der Waals surface area contributed by atoms with Crippen LogP contribution in [0.2, 0.25) is 0 Å². The average molecular weight is 398 g/mol. The van der Waals surface area contributed by atoms with Gasteiger partial charge >= 0.3 is 6.36 Å². The maximum absolute atomic E-state index is 12.5. The Bertz CT molecular complexity index is 988. The molecule has 27 heavy (non-hydrogen) atoms. The first-order valence-electron chi connectivity index (χ1n) is 7.49. The van der Waals surface area contributed by atoms with Gasteiger partial charge in [-0.3, -0.25) is 10.1 Å². The first kappa shape index (κ1) is 18.8. The zero-order valence-electron chi connectivity index (χ0n) is 14.1. The summed E-state index contributed by atoms with van der Waals surface area (Å²) in [7, 11) is 2.90. The summed E-state index contributed by atoms with van der Waals surface area (Å²) in [6.07, 6.45) is -4.78. The van der Waals surface area contributed by atoms with Crippen molar-refractivity contribution in [1.29, 1.82) is 0 Å². The van der Waals surface area contributed by atoms with Crippen LogP contribution < -0.4 is 19.5 Å². The Labute approximate surface area is 155 Å². The van der Waals surface area contributed by atoms with Gasteiger partial charge in [-0.15, -0.1) is 13.2 Å². The minimum atomic E-state index is -4.78. The van der Waals surface area contributed by atoms with Crippen LogP contribution in [0.1, 0.15) is 10.4 Å². The molecule has 2 aromatic carbocycles. The maximum Gasteiger partial charge on any atom is 0.573 e. The molecule has 6 nitrogen and oxygen atoms in total. The van der Waals surface area contributed by atoms with Crippen molar-refractivity contribution in [2.75, 3.05) is 19.5 Å². The molecule has 1 N–H and O–H groups in total. The maximum atomic E-state index is 12.5. The van der Waals surface area contributed by atoms with Crippen LogP contribution in [0.15, 0.2) is 36.4 Å². The van der Waals surface area contributed by atoms with Crippen molar-refractivity contribution in [3.63, 3.8) is 0 Å². The van der Waals surface area contributed by atoms with Gasteiger partial charge in [0.25, 0.3) is 5.91 Å². The van der Waals surface area contributed by atoms with E-state index in [1.807, 2.05) is 0 Å². The first-order valence-corrected chi connectivity index (χ1v) is 8.30. The summed E-state index contributed by atoms with van der Waals surface area (Å²) < 4.78 is 51.6. The lowest BCUT2D eigenvalue weighted by atomic mass is 10.2. The lowest BCUT2D eigenvalue weighted by Crippen LogP contribution is -2.16. The van der Waals surface area contributed by atoms with E-state index in [1.54, 1.807) is 12.1 Å². The summed E-state index contributed by atoms with van der Waals surface area (Å²) in [6.45, 7) is 0. The molecule has 0 radical (unpaired) electrons. The van der Waals surface area contributed by atoms with E-state index < -0.39 is 12.3 Å². The lowest BCUT2D eigenvalue weighted by molar-refractivity contribution is -0.274. The standard InChI is InChI=1S/C17H13F3N2O4S/c1-24-9-4-6-13(25-2)11(7-9)15(23)22-16-21-12-5-3-10(8-14(12)27-16)26-17(18,19)20/h3-8H,1-2H3,(H,21,22,23). The van der Waals surface area contributed by atoms with Crippen molar-refractivity contribution in [3.05, 3.63) is 42.0 Å². The number of ether oxygens (including phenoxy) is 3. The number of methoxy groups -OCH3 is 2. The van der Waals surface area contributed by atoms with Crippen molar-refractivity contribution in [2.24, 2.45) is 0 Å². The molecular weight excluding hydrogens is 385 g/mol. The monoisotopic (exact) mass is 398 g/mol. The van der Waals surface area contributed by atoms with Gasteiger partial charge in [-0.25, -0.2) is 4.98 Å². The number of anilines is 1. The fourth-order valence-electron chi connectivity index (χ4n) is 2.31. The zero-order chi connectivity index (χ0) is 19.6. The molecule has 142 valence electrons. The third-order valence-corrected chi connectivity index (χ3v) is 4.40. The van der Waals surface area contributed by atoms with Gasteiger partial charge in [-0.05, 0) is 30.3 Å². The Balaban J connectivity index is 1.85. The van der Waals surface area contributed by atoms with E-state index in [9.17, 15) is 18.0 Å². The number of fused-ring (bicyclic) bond motifs is 1. The van der Waals surface area contributed by atoms with E-state index in [-0.39, 0.29) is 16.4 Å². The summed E-state index contributed by atoms with van der Waals surface area (Å²) in [6, 6.07) is 8.50. The van der Waals surface area contributed by atoms with Crippen molar-refractivity contribution in [1.82, 2.24) is 4.98 Å². The molecule has 0 unspecified atom stereocenters. The molecule has 0 spiro atoms. The summed E-state index contributed by atoms with van der Waals surface area (Å²) in [5, 5.41) is 2.84. The summed E-state index contributed by atoms with van der Waals surface area (Å²) in [5.41, 5.74) is 0.666. The van der Waals surface area contributed by atoms with Crippen molar-refractivity contribution >= 4 is 32.6 Å². The molecular formula is C17H13F3N2O4S. The third kappa shape index (κ3) is 4.40. The molecule has 0 bridgehead atoms. The van der Waals surface area contributed by atoms with E-state index in [0.717, 1.165) is 17.4 Å². The Kier molecular flexibility index (Phi) is 5.08. The zero-order valence-corrected chi connectivity index (χ0v) is 14.9. The minimum Gasteiger partial charge on any atom is -0.497 e. The van der Waals surface area contributed by atoms with Crippen LogP contribution in [0, 0.1) is 0 Å². The molecule has 1 aromatic heterocycles. The van der Waals surface area contributed by atoms with Gasteiger partial charge in [0.15, 0.2) is 5.13 Å². The molecule has 0 aliphatic carbocycles. The van der Waals surface area contributed by atoms with Gasteiger partial charge in [0, 0.05) is 6.07 Å². The predicted octanol–water partition coefficient (Wildman–Crippen LogP) is 4.46. The molecule has 0 atom stereocenters. The van der Waals surface area contributed by atoms with Crippen LogP contribution in [0.25, 0.3) is 10.2 Å². The molecule has 1 amide bonds. The third-order valence-electron chi connectivity index (χ3n) is 3.47. The highest BCUT2D eigenvalue weighted by Crippen LogP contribution is 2.32. The molecule has 3 aromatic rings. The van der Waals surface area contributed by atoms with Crippen LogP contribution in [0.4, 0.5) is 18.3 Å². The van der Waals surface area contributed by atoms with Crippen molar-refractivity contribution < 1.29 is 32.2 Å². The van der Waals surface area contributed by atoms with E-state index in [2.05, 4.69) is 15.0 Å². The topological polar surface area (TPSA) is 69.7 Å². The van der Waals surface area contributed by atoms with Gasteiger partial charge < -0.3 is 14.2 Å². The Hall–Kier alpha value is -3.01. The Morgan fingerprint density at radius 2 is 1.81 bits per heavy atom. The highest BCUT2D eigenvalue weighted by molar-refractivity contribution is 7.22. The SMILES string of the molecule is COc1ccc(OC)c(C(=O)Nc2nc3ccc(OC(F)(F)F)cc3s2)c1. The molecule has 0 aliphatic rings. The molecule has 10 heteroatoms. The molecule has 3 rings (SSSR count). The highest BCUT2D eigenvalue weighted by atomic mass is 32.1. The van der Waals surface area contributed by atoms with Crippen LogP contribution >= 0.6 is 11.3 Å². The van der Waals surface area contributed by atoms with Crippen LogP contribution in [-0.2, 0) is 0 Å². The normalized spacial score (nSPS) is 11.3. The number of rotatable bonds is 5. The Morgan fingerprint density at radius 1 is 1.07 bits per heavy atom. The molecule has 1 heterocycles. The number of hydrogen-bond donors (Lipinski definition) is 1. The Morgan fingerprint density at radius 3 is 2.48 bits per heavy atom. The summed E-state index contributed by atoms with van der Waals surface area (Å²) >= 11 is 1.02. The van der Waals surface area contributed by atoms with E-state index >= 15 is 0 Å². The van der Waals surface area contributed by atoms with Gasteiger partial charge in [-0.1, -0.05) is 11.3 Å². The van der Waals surface area contributed by atoms with Gasteiger partial charge in [0.1, 0.15) is 17.2 Å². The summed E-state index contributed by atoms with van der Waals surface area (Å²) in [4.78, 5) is 16.7. The smallest absolute Gasteiger partial charge is 0.497 e. The molecule has 0 saturated heterocycles. The number of hydrogen-bond acceptors (Lipinski definition) is 6. The second-order valence-corrected chi connectivity index (χ2v) is 6.25. The highest BCUT2D eigenvalue weighted by Gasteiger charge is 2.31. The number of aromatic nitrogens is 1. The molecule has 0 fully saturated rings. The number of nitrogens with one attached hydrogen (secondary N) is 1. The number of thiazole rings is 1. The fraction of sp³-hybridized carbons (Fsp3) is 0.176. The van der Waals surface area contributed by atoms with Crippen LogP contribution in [0.5, 0.6) is 17.2 Å². The van der Waals surface area contributed by atoms with Gasteiger partial charge in [0.05, 0.1) is 30.0 Å². The predicted molar refractivity (Wildman–Crippen MR) is 93.8 cm³/mol. The number of carbonyl (C=O) groups is 1. The van der Waals surface area contributed by atoms with E-state index in [0.29, 0.717) is 21.7 Å². The number of halogens is 3. The van der Waals surface area contributed by atoms with E-state index in [4.69, 9.17) is 9.47 Å². The summed E-state index contributed by atoms with van der Waals surface area (Å²) in [5.74, 6) is -0.0305. The van der Waals surface area contributed by atoms with Crippen LogP contribution in [-0.4, -0.2) is 31.5 Å². The number of nitrogens with zero attached hydrogens (tertiary/aromatic N) is 1. The number of carbonyl (C=O) groups excluding carboxylic acids is 1. The largest absolute Gasteiger partial charge is 0.573 e. The van der Waals surface area contributed by atoms with Crippen molar-refractivity contribution in [2.45, 2.75) is 6.36 Å². The fourth-order valence-corrected chi connectivity index (χ4v) is 3.20. The number of benzene rings is 2. The average Bonchev–Trinajstić information content (AvgIpc) is 3.01. The second kappa shape index (κ2) is 7.31. The van der Waals surface area contributed by atoms with Gasteiger partial charge in [0.2, 0.25) is 0 Å². The minimum absolute atomic E-state index is 0.226.